The fourth-order valence-electron chi connectivity index (χ4n) is 2.03. The van der Waals surface area contributed by atoms with Crippen LogP contribution in [0.3, 0.4) is 0 Å². The van der Waals surface area contributed by atoms with Gasteiger partial charge in [0.05, 0.1) is 19.3 Å². The maximum absolute atomic E-state index is 5.12. The van der Waals surface area contributed by atoms with Gasteiger partial charge in [0, 0.05) is 6.04 Å². The van der Waals surface area contributed by atoms with Crippen molar-refractivity contribution in [3.63, 3.8) is 0 Å². The van der Waals surface area contributed by atoms with Crippen molar-refractivity contribution in [1.82, 2.24) is 5.32 Å². The molecule has 2 fully saturated rings. The quantitative estimate of drug-likeness (QED) is 0.689. The molecule has 2 nitrogen and oxygen atoms in total. The Morgan fingerprint density at radius 1 is 1.42 bits per heavy atom. The van der Waals surface area contributed by atoms with Crippen molar-refractivity contribution < 1.29 is 4.74 Å². The molecule has 0 aromatic carbocycles. The summed E-state index contributed by atoms with van der Waals surface area (Å²) in [6, 6.07) is 1.35. The van der Waals surface area contributed by atoms with Gasteiger partial charge >= 0.3 is 0 Å². The first-order valence-electron chi connectivity index (χ1n) is 5.18. The van der Waals surface area contributed by atoms with E-state index in [4.69, 9.17) is 4.74 Å². The van der Waals surface area contributed by atoms with Gasteiger partial charge in [0.25, 0.3) is 0 Å². The predicted molar refractivity (Wildman–Crippen MR) is 49.2 cm³/mol. The number of ether oxygens (including phenoxy) is 1. The topological polar surface area (TPSA) is 21.3 Å². The van der Waals surface area contributed by atoms with E-state index in [9.17, 15) is 0 Å². The molecule has 0 aromatic rings. The van der Waals surface area contributed by atoms with Crippen molar-refractivity contribution in [2.45, 2.75) is 44.7 Å². The normalized spacial score (nSPS) is 27.8. The Labute approximate surface area is 74.7 Å². The van der Waals surface area contributed by atoms with Gasteiger partial charge in [-0.05, 0) is 19.3 Å². The van der Waals surface area contributed by atoms with Gasteiger partial charge in [0.1, 0.15) is 0 Å². The van der Waals surface area contributed by atoms with Crippen LogP contribution in [0.2, 0.25) is 0 Å². The summed E-state index contributed by atoms with van der Waals surface area (Å²) in [5, 5.41) is 3.59. The van der Waals surface area contributed by atoms with Gasteiger partial charge in [-0.1, -0.05) is 19.3 Å². The van der Waals surface area contributed by atoms with E-state index in [1.165, 1.54) is 25.7 Å². The van der Waals surface area contributed by atoms with Gasteiger partial charge < -0.3 is 10.1 Å². The van der Waals surface area contributed by atoms with Crippen LogP contribution < -0.4 is 5.32 Å². The van der Waals surface area contributed by atoms with Crippen molar-refractivity contribution in [3.8, 4) is 0 Å². The molecule has 0 amide bonds. The Balaban J connectivity index is 1.58. The Morgan fingerprint density at radius 3 is 2.58 bits per heavy atom. The first-order chi connectivity index (χ1) is 5.84. The second-order valence-electron chi connectivity index (χ2n) is 4.33. The molecule has 2 aliphatic rings. The van der Waals surface area contributed by atoms with Crippen molar-refractivity contribution in [3.05, 3.63) is 0 Å². The van der Waals surface area contributed by atoms with Crippen molar-refractivity contribution >= 4 is 0 Å². The molecule has 1 aliphatic heterocycles. The minimum atomic E-state index is 0.653. The molecule has 1 unspecified atom stereocenters. The summed E-state index contributed by atoms with van der Waals surface area (Å²) < 4.78 is 5.12. The summed E-state index contributed by atoms with van der Waals surface area (Å²) in [4.78, 5) is 0. The zero-order valence-electron chi connectivity index (χ0n) is 7.88. The van der Waals surface area contributed by atoms with Gasteiger partial charge in [-0.25, -0.2) is 0 Å². The van der Waals surface area contributed by atoms with Crippen molar-refractivity contribution in [2.75, 3.05) is 13.2 Å². The van der Waals surface area contributed by atoms with Gasteiger partial charge in [-0.3, -0.25) is 0 Å². The monoisotopic (exact) mass is 169 g/mol. The van der Waals surface area contributed by atoms with Crippen LogP contribution in [-0.4, -0.2) is 25.3 Å². The second-order valence-corrected chi connectivity index (χ2v) is 4.33. The average Bonchev–Trinajstić information content (AvgIpc) is 1.89. The molecule has 12 heavy (non-hydrogen) atoms. The lowest BCUT2D eigenvalue weighted by Crippen LogP contribution is -2.50. The van der Waals surface area contributed by atoms with Gasteiger partial charge in [-0.15, -0.1) is 0 Å². The van der Waals surface area contributed by atoms with Crippen LogP contribution in [0.1, 0.15) is 32.6 Å². The molecule has 70 valence electrons. The van der Waals surface area contributed by atoms with E-state index in [0.717, 1.165) is 19.1 Å². The molecule has 2 rings (SSSR count). The zero-order valence-corrected chi connectivity index (χ0v) is 7.88. The number of nitrogens with one attached hydrogen (secondary N) is 1. The van der Waals surface area contributed by atoms with Gasteiger partial charge in [0.2, 0.25) is 0 Å². The van der Waals surface area contributed by atoms with Crippen molar-refractivity contribution in [1.29, 1.82) is 0 Å². The van der Waals surface area contributed by atoms with E-state index in [-0.39, 0.29) is 0 Å². The first kappa shape index (κ1) is 8.52. The smallest absolute Gasteiger partial charge is 0.0643 e. The van der Waals surface area contributed by atoms with Gasteiger partial charge in [-0.2, -0.15) is 0 Å². The highest BCUT2D eigenvalue weighted by Crippen LogP contribution is 2.30. The number of hydrogen-bond acceptors (Lipinski definition) is 2. The molecule has 1 atom stereocenters. The van der Waals surface area contributed by atoms with E-state index >= 15 is 0 Å². The standard InChI is InChI=1S/C10H19NO/c1-8(5-9-3-2-4-9)11-10-6-12-7-10/h8-11H,2-7H2,1H3. The summed E-state index contributed by atoms with van der Waals surface area (Å²) in [5.74, 6) is 1.02. The molecule has 1 aliphatic carbocycles. The molecule has 0 aromatic heterocycles. The Kier molecular flexibility index (Phi) is 2.66. The molecule has 0 spiro atoms. The lowest BCUT2D eigenvalue weighted by Gasteiger charge is -2.33. The van der Waals surface area contributed by atoms with E-state index < -0.39 is 0 Å². The summed E-state index contributed by atoms with van der Waals surface area (Å²) in [6.45, 7) is 4.15. The Morgan fingerprint density at radius 2 is 2.17 bits per heavy atom. The van der Waals surface area contributed by atoms with Crippen LogP contribution in [0.5, 0.6) is 0 Å². The largest absolute Gasteiger partial charge is 0.378 e. The van der Waals surface area contributed by atoms with Crippen LogP contribution in [-0.2, 0) is 4.74 Å². The Hall–Kier alpha value is -0.0800. The maximum Gasteiger partial charge on any atom is 0.0643 e. The summed E-state index contributed by atoms with van der Waals surface area (Å²) >= 11 is 0. The lowest BCUT2D eigenvalue weighted by atomic mass is 9.81. The molecule has 0 bridgehead atoms. The average molecular weight is 169 g/mol. The fourth-order valence-corrected chi connectivity index (χ4v) is 2.03. The van der Waals surface area contributed by atoms with Crippen LogP contribution in [0.15, 0.2) is 0 Å². The molecule has 2 heteroatoms. The minimum absolute atomic E-state index is 0.653. The summed E-state index contributed by atoms with van der Waals surface area (Å²) in [6.07, 6.45) is 5.76. The van der Waals surface area contributed by atoms with E-state index in [2.05, 4.69) is 12.2 Å². The summed E-state index contributed by atoms with van der Waals surface area (Å²) in [5.41, 5.74) is 0. The molecule has 1 N–H and O–H groups in total. The van der Waals surface area contributed by atoms with E-state index in [0.29, 0.717) is 12.1 Å². The SMILES string of the molecule is CC(CC1CCC1)NC1COC1. The minimum Gasteiger partial charge on any atom is -0.378 e. The molecule has 1 saturated heterocycles. The molecule has 0 radical (unpaired) electrons. The van der Waals surface area contributed by atoms with Crippen LogP contribution in [0.25, 0.3) is 0 Å². The van der Waals surface area contributed by atoms with Gasteiger partial charge in [0.15, 0.2) is 0 Å². The highest BCUT2D eigenvalue weighted by Gasteiger charge is 2.23. The maximum atomic E-state index is 5.12. The zero-order chi connectivity index (χ0) is 8.39. The second kappa shape index (κ2) is 3.75. The summed E-state index contributed by atoms with van der Waals surface area (Å²) in [7, 11) is 0. The lowest BCUT2D eigenvalue weighted by molar-refractivity contribution is -0.0108. The van der Waals surface area contributed by atoms with Crippen molar-refractivity contribution in [2.24, 2.45) is 5.92 Å². The number of hydrogen-bond donors (Lipinski definition) is 1. The first-order valence-corrected chi connectivity index (χ1v) is 5.18. The predicted octanol–water partition coefficient (Wildman–Crippen LogP) is 1.55. The third kappa shape index (κ3) is 1.99. The van der Waals surface area contributed by atoms with Crippen LogP contribution in [0.4, 0.5) is 0 Å². The van der Waals surface area contributed by atoms with Crippen LogP contribution in [0, 0.1) is 5.92 Å². The van der Waals surface area contributed by atoms with E-state index in [1.54, 1.807) is 0 Å². The van der Waals surface area contributed by atoms with Crippen LogP contribution >= 0.6 is 0 Å². The fraction of sp³-hybridized carbons (Fsp3) is 1.00. The highest BCUT2D eigenvalue weighted by molar-refractivity contribution is 4.80. The number of rotatable bonds is 4. The molecular formula is C10H19NO. The molecular weight excluding hydrogens is 150 g/mol. The Bertz CT molecular complexity index is 125. The third-order valence-electron chi connectivity index (χ3n) is 3.07. The van der Waals surface area contributed by atoms with E-state index in [1.807, 2.05) is 0 Å². The molecule has 1 saturated carbocycles. The highest BCUT2D eigenvalue weighted by atomic mass is 16.5. The molecule has 1 heterocycles. The third-order valence-corrected chi connectivity index (χ3v) is 3.07.